The van der Waals surface area contributed by atoms with E-state index in [-0.39, 0.29) is 53.8 Å². The van der Waals surface area contributed by atoms with E-state index >= 15 is 0 Å². The molecular formula is C40H32Cl4F6N2O7. The van der Waals surface area contributed by atoms with E-state index in [1.165, 1.54) is 63.6 Å². The van der Waals surface area contributed by atoms with Gasteiger partial charge in [-0.3, -0.25) is 0 Å². The molecule has 4 unspecified atom stereocenters. The van der Waals surface area contributed by atoms with E-state index in [1.54, 1.807) is 19.9 Å². The lowest BCUT2D eigenvalue weighted by molar-refractivity contribution is -0.295. The minimum atomic E-state index is -4.98. The molecule has 6 rings (SSSR count). The highest BCUT2D eigenvalue weighted by Gasteiger charge is 2.69. The van der Waals surface area contributed by atoms with E-state index in [0.717, 1.165) is 24.3 Å². The summed E-state index contributed by atoms with van der Waals surface area (Å²) >= 11 is 23.7. The number of carbonyl (C=O) groups is 2. The summed E-state index contributed by atoms with van der Waals surface area (Å²) in [5, 5.41) is 17.9. The fourth-order valence-corrected chi connectivity index (χ4v) is 7.86. The Morgan fingerprint density at radius 1 is 0.712 bits per heavy atom. The van der Waals surface area contributed by atoms with Crippen molar-refractivity contribution in [3.8, 4) is 0 Å². The Hall–Kier alpha value is -4.54. The normalized spacial score (nSPS) is 20.6. The summed E-state index contributed by atoms with van der Waals surface area (Å²) in [7, 11) is 2.47. The molecule has 314 valence electrons. The zero-order valence-corrected chi connectivity index (χ0v) is 34.4. The topological polar surface area (TPSA) is 116 Å². The average molecular weight is 909 g/mol. The van der Waals surface area contributed by atoms with E-state index in [1.807, 2.05) is 0 Å². The fraction of sp³-hybridized carbons (Fsp3) is 0.300. The Kier molecular flexibility index (Phi) is 13.3. The molecule has 9 nitrogen and oxygen atoms in total. The van der Waals surface area contributed by atoms with Crippen LogP contribution in [-0.4, -0.2) is 61.1 Å². The Morgan fingerprint density at radius 2 is 1.17 bits per heavy atom. The minimum absolute atomic E-state index is 0.0224. The van der Waals surface area contributed by atoms with Gasteiger partial charge in [0.2, 0.25) is 0 Å². The smallest absolute Gasteiger partial charge is 0.436 e. The highest BCUT2D eigenvalue weighted by Crippen LogP contribution is 2.54. The third kappa shape index (κ3) is 8.85. The van der Waals surface area contributed by atoms with Gasteiger partial charge in [0, 0.05) is 43.2 Å². The van der Waals surface area contributed by atoms with Crippen LogP contribution in [0.1, 0.15) is 67.4 Å². The molecule has 0 aromatic heterocycles. The first-order chi connectivity index (χ1) is 27.5. The average Bonchev–Trinajstić information content (AvgIpc) is 3.79. The molecule has 0 bridgehead atoms. The number of methoxy groups -OCH3 is 2. The molecule has 4 atom stereocenters. The van der Waals surface area contributed by atoms with Crippen LogP contribution in [-0.2, 0) is 30.4 Å². The molecule has 59 heavy (non-hydrogen) atoms. The Morgan fingerprint density at radius 3 is 1.59 bits per heavy atom. The number of hydrogen-bond acceptors (Lipinski definition) is 9. The van der Waals surface area contributed by atoms with Crippen molar-refractivity contribution in [3.63, 3.8) is 0 Å². The quantitative estimate of drug-likeness (QED) is 0.145. The molecule has 0 aliphatic carbocycles. The molecule has 0 radical (unpaired) electrons. The number of alkyl halides is 6. The molecule has 0 spiro atoms. The maximum atomic E-state index is 14.5. The number of halogens is 10. The van der Waals surface area contributed by atoms with Gasteiger partial charge in [-0.2, -0.15) is 26.3 Å². The molecule has 19 heteroatoms. The standard InChI is InChI=1S/C21H18Cl2F3NO4.C19H14Cl2F3NO3/c1-10-6-12(4-5-16(10)19(29)30-3)18-17(11(2)28)20(31-27-18,21(24,25)26)13-7-14(22)9-15(23)8-13;1-10-5-11(3-4-15(10)17(26)27-2)16-9-18(28-25-16,19(22,23)24)12-6-13(20)8-14(21)7-12/h4-9,11,17,28H,1-3H3;3-8H,9H2,1-2H3. The number of benzene rings is 4. The summed E-state index contributed by atoms with van der Waals surface area (Å²) in [6.45, 7) is 4.48. The molecule has 0 fully saturated rings. The SMILES string of the molecule is COC(=O)c1ccc(C2=NOC(c3cc(Cl)cc(Cl)c3)(C(F)(F)F)C2)cc1C.COC(=O)c1ccc(C2=NOC(c3cc(Cl)cc(Cl)c3)(C(F)(F)F)C2C(C)O)cc1C. The molecule has 0 saturated heterocycles. The molecular weight excluding hydrogens is 876 g/mol. The Bertz CT molecular complexity index is 2310. The number of nitrogens with zero attached hydrogens (tertiary/aromatic N) is 2. The van der Waals surface area contributed by atoms with Crippen molar-refractivity contribution in [1.82, 2.24) is 0 Å². The van der Waals surface area contributed by atoms with Crippen molar-refractivity contribution in [2.75, 3.05) is 14.2 Å². The second kappa shape index (κ2) is 17.2. The summed E-state index contributed by atoms with van der Waals surface area (Å²) in [5.74, 6) is -2.75. The van der Waals surface area contributed by atoms with Gasteiger partial charge in [0.05, 0.1) is 48.8 Å². The second-order valence-electron chi connectivity index (χ2n) is 13.5. The largest absolute Gasteiger partial charge is 0.465 e. The van der Waals surface area contributed by atoms with E-state index in [4.69, 9.17) is 60.8 Å². The van der Waals surface area contributed by atoms with Gasteiger partial charge in [0.1, 0.15) is 0 Å². The maximum Gasteiger partial charge on any atom is 0.436 e. The molecule has 4 aromatic carbocycles. The number of aliphatic hydroxyl groups is 1. The van der Waals surface area contributed by atoms with Crippen molar-refractivity contribution in [1.29, 1.82) is 0 Å². The van der Waals surface area contributed by atoms with Crippen molar-refractivity contribution < 1.29 is 60.2 Å². The third-order valence-corrected chi connectivity index (χ3v) is 10.5. The molecule has 2 heterocycles. The summed E-state index contributed by atoms with van der Waals surface area (Å²) in [4.78, 5) is 33.6. The summed E-state index contributed by atoms with van der Waals surface area (Å²) in [6.07, 6.45) is -11.8. The van der Waals surface area contributed by atoms with E-state index < -0.39 is 53.9 Å². The number of carbonyl (C=O) groups excluding carboxylic acids is 2. The van der Waals surface area contributed by atoms with Gasteiger partial charge < -0.3 is 24.3 Å². The van der Waals surface area contributed by atoms with Gasteiger partial charge in [-0.05, 0) is 98.1 Å². The number of ether oxygens (including phenoxy) is 2. The lowest BCUT2D eigenvalue weighted by atomic mass is 9.74. The van der Waals surface area contributed by atoms with Gasteiger partial charge in [0.25, 0.3) is 11.2 Å². The first-order valence-corrected chi connectivity index (χ1v) is 18.6. The highest BCUT2D eigenvalue weighted by molar-refractivity contribution is 6.35. The van der Waals surface area contributed by atoms with Crippen molar-refractivity contribution in [2.45, 2.75) is 56.9 Å². The first kappa shape index (κ1) is 45.5. The van der Waals surface area contributed by atoms with Crippen LogP contribution in [0.15, 0.2) is 83.1 Å². The maximum absolute atomic E-state index is 14.5. The summed E-state index contributed by atoms with van der Waals surface area (Å²) in [5.41, 5.74) is -4.13. The number of hydrogen-bond donors (Lipinski definition) is 1. The molecule has 0 saturated carbocycles. The van der Waals surface area contributed by atoms with Crippen LogP contribution >= 0.6 is 46.4 Å². The predicted octanol–water partition coefficient (Wildman–Crippen LogP) is 10.9. The van der Waals surface area contributed by atoms with Crippen LogP contribution in [0.2, 0.25) is 20.1 Å². The second-order valence-corrected chi connectivity index (χ2v) is 15.3. The van der Waals surface area contributed by atoms with Gasteiger partial charge in [-0.1, -0.05) is 68.8 Å². The number of esters is 2. The van der Waals surface area contributed by atoms with E-state index in [9.17, 15) is 41.0 Å². The third-order valence-electron chi connectivity index (χ3n) is 9.62. The first-order valence-electron chi connectivity index (χ1n) is 17.1. The van der Waals surface area contributed by atoms with Crippen molar-refractivity contribution in [2.24, 2.45) is 16.2 Å². The van der Waals surface area contributed by atoms with E-state index in [2.05, 4.69) is 15.0 Å². The number of aryl methyl sites for hydroxylation is 2. The van der Waals surface area contributed by atoms with Gasteiger partial charge in [-0.25, -0.2) is 9.59 Å². The van der Waals surface area contributed by atoms with Crippen molar-refractivity contribution in [3.05, 3.63) is 137 Å². The van der Waals surface area contributed by atoms with Gasteiger partial charge >= 0.3 is 24.3 Å². The number of rotatable bonds is 7. The predicted molar refractivity (Wildman–Crippen MR) is 208 cm³/mol. The van der Waals surface area contributed by atoms with Crippen LogP contribution in [0.3, 0.4) is 0 Å². The molecule has 1 N–H and O–H groups in total. The summed E-state index contributed by atoms with van der Waals surface area (Å²) in [6, 6.07) is 16.0. The Balaban J connectivity index is 0.000000225. The Labute approximate surface area is 353 Å². The number of oxime groups is 2. The fourth-order valence-electron chi connectivity index (χ4n) is 6.81. The van der Waals surface area contributed by atoms with E-state index in [0.29, 0.717) is 22.3 Å². The van der Waals surface area contributed by atoms with Crippen LogP contribution in [0.4, 0.5) is 26.3 Å². The molecule has 0 amide bonds. The monoisotopic (exact) mass is 906 g/mol. The molecule has 4 aromatic rings. The highest BCUT2D eigenvalue weighted by atomic mass is 35.5. The van der Waals surface area contributed by atoms with Crippen LogP contribution in [0.25, 0.3) is 0 Å². The minimum Gasteiger partial charge on any atom is -0.465 e. The molecule has 2 aliphatic rings. The van der Waals surface area contributed by atoms with Crippen LogP contribution < -0.4 is 0 Å². The van der Waals surface area contributed by atoms with Gasteiger partial charge in [0.15, 0.2) is 0 Å². The number of aliphatic hydroxyl groups excluding tert-OH is 1. The van der Waals surface area contributed by atoms with Crippen LogP contribution in [0.5, 0.6) is 0 Å². The zero-order chi connectivity index (χ0) is 43.8. The zero-order valence-electron chi connectivity index (χ0n) is 31.4. The van der Waals surface area contributed by atoms with Gasteiger partial charge in [-0.15, -0.1) is 0 Å². The molecule has 2 aliphatic heterocycles. The van der Waals surface area contributed by atoms with Crippen LogP contribution in [0, 0.1) is 19.8 Å². The lowest BCUT2D eigenvalue weighted by Crippen LogP contribution is -2.52. The lowest BCUT2D eigenvalue weighted by Gasteiger charge is -2.36. The van der Waals surface area contributed by atoms with Crippen molar-refractivity contribution >= 4 is 69.8 Å². The summed E-state index contributed by atoms with van der Waals surface area (Å²) < 4.78 is 94.9.